The second kappa shape index (κ2) is 6.74. The van der Waals surface area contributed by atoms with Gasteiger partial charge in [-0.1, -0.05) is 23.2 Å². The van der Waals surface area contributed by atoms with E-state index in [2.05, 4.69) is 5.32 Å². The quantitative estimate of drug-likeness (QED) is 0.907. The molecule has 1 N–H and O–H groups in total. The van der Waals surface area contributed by atoms with E-state index in [0.717, 1.165) is 18.2 Å². The highest BCUT2D eigenvalue weighted by Gasteiger charge is 2.09. The highest BCUT2D eigenvalue weighted by atomic mass is 35.5. The van der Waals surface area contributed by atoms with E-state index in [1.54, 1.807) is 0 Å². The molecule has 0 heterocycles. The van der Waals surface area contributed by atoms with Crippen LogP contribution in [0.5, 0.6) is 5.75 Å². The molecule has 110 valence electrons. The van der Waals surface area contributed by atoms with Gasteiger partial charge >= 0.3 is 0 Å². The highest BCUT2D eigenvalue weighted by molar-refractivity contribution is 6.33. The molecule has 0 aromatic heterocycles. The predicted octanol–water partition coefficient (Wildman–Crippen LogP) is 4.29. The summed E-state index contributed by atoms with van der Waals surface area (Å²) in [4.78, 5) is 11.7. The maximum absolute atomic E-state index is 12.9. The van der Waals surface area contributed by atoms with E-state index in [-0.39, 0.29) is 28.1 Å². The number of amides is 1. The molecular formula is C14H9Cl2F2NO2. The van der Waals surface area contributed by atoms with Gasteiger partial charge in [0.15, 0.2) is 6.61 Å². The van der Waals surface area contributed by atoms with Gasteiger partial charge < -0.3 is 10.1 Å². The molecule has 0 radical (unpaired) electrons. The molecule has 0 saturated carbocycles. The zero-order valence-corrected chi connectivity index (χ0v) is 12.0. The Labute approximate surface area is 129 Å². The molecule has 0 aliphatic heterocycles. The van der Waals surface area contributed by atoms with E-state index in [1.807, 2.05) is 0 Å². The molecule has 2 rings (SSSR count). The van der Waals surface area contributed by atoms with Gasteiger partial charge in [0.05, 0.1) is 15.7 Å². The van der Waals surface area contributed by atoms with Crippen molar-refractivity contribution < 1.29 is 18.3 Å². The second-order valence-corrected chi connectivity index (χ2v) is 4.85. The first-order valence-electron chi connectivity index (χ1n) is 5.78. The Morgan fingerprint density at radius 1 is 1.05 bits per heavy atom. The summed E-state index contributed by atoms with van der Waals surface area (Å²) >= 11 is 11.5. The van der Waals surface area contributed by atoms with Crippen LogP contribution in [0.25, 0.3) is 0 Å². The molecule has 2 aromatic rings. The van der Waals surface area contributed by atoms with Gasteiger partial charge in [-0.05, 0) is 36.4 Å². The summed E-state index contributed by atoms with van der Waals surface area (Å²) < 4.78 is 30.9. The van der Waals surface area contributed by atoms with Gasteiger partial charge in [0, 0.05) is 0 Å². The van der Waals surface area contributed by atoms with Gasteiger partial charge in [-0.2, -0.15) is 0 Å². The average Bonchev–Trinajstić information content (AvgIpc) is 2.41. The predicted molar refractivity (Wildman–Crippen MR) is 76.9 cm³/mol. The van der Waals surface area contributed by atoms with Crippen molar-refractivity contribution in [3.8, 4) is 5.75 Å². The number of ether oxygens (including phenoxy) is 1. The Balaban J connectivity index is 1.96. The molecule has 0 aliphatic carbocycles. The van der Waals surface area contributed by atoms with Gasteiger partial charge in [0.2, 0.25) is 0 Å². The molecule has 21 heavy (non-hydrogen) atoms. The van der Waals surface area contributed by atoms with Gasteiger partial charge in [-0.15, -0.1) is 0 Å². The number of nitrogens with one attached hydrogen (secondary N) is 1. The van der Waals surface area contributed by atoms with Crippen LogP contribution in [0.15, 0.2) is 36.4 Å². The van der Waals surface area contributed by atoms with Crippen LogP contribution < -0.4 is 10.1 Å². The minimum atomic E-state index is -0.510. The summed E-state index contributed by atoms with van der Waals surface area (Å²) in [6.45, 7) is -0.348. The Morgan fingerprint density at radius 2 is 1.67 bits per heavy atom. The molecule has 0 unspecified atom stereocenters. The number of benzene rings is 2. The zero-order valence-electron chi connectivity index (χ0n) is 10.5. The SMILES string of the molecule is O=C(COc1ccc(F)cc1Cl)Nc1ccc(F)cc1Cl. The molecular weight excluding hydrogens is 323 g/mol. The lowest BCUT2D eigenvalue weighted by Crippen LogP contribution is -2.20. The lowest BCUT2D eigenvalue weighted by molar-refractivity contribution is -0.118. The smallest absolute Gasteiger partial charge is 0.262 e. The van der Waals surface area contributed by atoms with E-state index in [4.69, 9.17) is 27.9 Å². The van der Waals surface area contributed by atoms with Crippen LogP contribution in [0.3, 0.4) is 0 Å². The maximum atomic E-state index is 12.9. The average molecular weight is 332 g/mol. The molecule has 0 atom stereocenters. The van der Waals surface area contributed by atoms with Gasteiger partial charge in [-0.25, -0.2) is 8.78 Å². The zero-order chi connectivity index (χ0) is 15.4. The monoisotopic (exact) mass is 331 g/mol. The third-order valence-corrected chi connectivity index (χ3v) is 3.07. The van der Waals surface area contributed by atoms with E-state index < -0.39 is 17.5 Å². The number of anilines is 1. The largest absolute Gasteiger partial charge is 0.482 e. The maximum Gasteiger partial charge on any atom is 0.262 e. The van der Waals surface area contributed by atoms with Crippen LogP contribution in [0.4, 0.5) is 14.5 Å². The van der Waals surface area contributed by atoms with Crippen LogP contribution in [-0.4, -0.2) is 12.5 Å². The Bertz CT molecular complexity index is 680. The number of carbonyl (C=O) groups excluding carboxylic acids is 1. The third-order valence-electron chi connectivity index (χ3n) is 2.46. The van der Waals surface area contributed by atoms with Crippen molar-refractivity contribution in [3.63, 3.8) is 0 Å². The molecule has 0 fully saturated rings. The third kappa shape index (κ3) is 4.31. The Morgan fingerprint density at radius 3 is 2.29 bits per heavy atom. The molecule has 1 amide bonds. The molecule has 0 bridgehead atoms. The first-order chi connectivity index (χ1) is 9.95. The van der Waals surface area contributed by atoms with Crippen molar-refractivity contribution in [3.05, 3.63) is 58.1 Å². The van der Waals surface area contributed by atoms with Gasteiger partial charge in [0.1, 0.15) is 17.4 Å². The van der Waals surface area contributed by atoms with E-state index >= 15 is 0 Å². The minimum absolute atomic E-state index is 0.0580. The van der Waals surface area contributed by atoms with Crippen LogP contribution in [0.1, 0.15) is 0 Å². The fraction of sp³-hybridized carbons (Fsp3) is 0.0714. The Kier molecular flexibility index (Phi) is 4.98. The van der Waals surface area contributed by atoms with Crippen LogP contribution in [0.2, 0.25) is 10.0 Å². The van der Waals surface area contributed by atoms with E-state index in [1.165, 1.54) is 18.2 Å². The minimum Gasteiger partial charge on any atom is -0.482 e. The first kappa shape index (κ1) is 15.5. The van der Waals surface area contributed by atoms with Crippen molar-refractivity contribution >= 4 is 34.8 Å². The number of rotatable bonds is 4. The fourth-order valence-corrected chi connectivity index (χ4v) is 1.95. The number of hydrogen-bond donors (Lipinski definition) is 1. The van der Waals surface area contributed by atoms with E-state index in [9.17, 15) is 13.6 Å². The van der Waals surface area contributed by atoms with Crippen molar-refractivity contribution in [2.24, 2.45) is 0 Å². The topological polar surface area (TPSA) is 38.3 Å². The van der Waals surface area contributed by atoms with Crippen molar-refractivity contribution in [1.29, 1.82) is 0 Å². The van der Waals surface area contributed by atoms with Crippen molar-refractivity contribution in [2.75, 3.05) is 11.9 Å². The fourth-order valence-electron chi connectivity index (χ4n) is 1.51. The normalized spacial score (nSPS) is 10.3. The van der Waals surface area contributed by atoms with Gasteiger partial charge in [0.25, 0.3) is 5.91 Å². The number of hydrogen-bond acceptors (Lipinski definition) is 2. The summed E-state index contributed by atoms with van der Waals surface area (Å²) in [7, 11) is 0. The van der Waals surface area contributed by atoms with Crippen molar-refractivity contribution in [2.45, 2.75) is 0 Å². The summed E-state index contributed by atoms with van der Waals surface area (Å²) in [5.41, 5.74) is 0.261. The summed E-state index contributed by atoms with van der Waals surface area (Å²) in [5, 5.41) is 2.59. The van der Waals surface area contributed by atoms with Crippen LogP contribution >= 0.6 is 23.2 Å². The van der Waals surface area contributed by atoms with Gasteiger partial charge in [-0.3, -0.25) is 4.79 Å². The molecule has 7 heteroatoms. The highest BCUT2D eigenvalue weighted by Crippen LogP contribution is 2.25. The molecule has 2 aromatic carbocycles. The Hall–Kier alpha value is -1.85. The summed E-state index contributed by atoms with van der Waals surface area (Å²) in [5.74, 6) is -1.34. The first-order valence-corrected chi connectivity index (χ1v) is 6.54. The van der Waals surface area contributed by atoms with Crippen LogP contribution in [0, 0.1) is 11.6 Å². The molecule has 3 nitrogen and oxygen atoms in total. The summed E-state index contributed by atoms with van der Waals surface area (Å²) in [6.07, 6.45) is 0. The van der Waals surface area contributed by atoms with Crippen molar-refractivity contribution in [1.82, 2.24) is 0 Å². The number of carbonyl (C=O) groups is 1. The summed E-state index contributed by atoms with van der Waals surface area (Å²) in [6, 6.07) is 7.13. The van der Waals surface area contributed by atoms with Crippen LogP contribution in [-0.2, 0) is 4.79 Å². The lowest BCUT2D eigenvalue weighted by atomic mass is 10.3. The molecule has 0 spiro atoms. The lowest BCUT2D eigenvalue weighted by Gasteiger charge is -2.09. The molecule has 0 saturated heterocycles. The standard InChI is InChI=1S/C14H9Cl2F2NO2/c15-10-5-8(17)1-3-12(10)19-14(20)7-21-13-4-2-9(18)6-11(13)16/h1-6H,7H2,(H,19,20). The number of halogens is 4. The van der Waals surface area contributed by atoms with E-state index in [0.29, 0.717) is 0 Å². The molecule has 0 aliphatic rings. The second-order valence-electron chi connectivity index (χ2n) is 4.04.